The lowest BCUT2D eigenvalue weighted by Crippen LogP contribution is -2.14. The molecule has 0 radical (unpaired) electrons. The van der Waals surface area contributed by atoms with E-state index in [1.165, 1.54) is 0 Å². The van der Waals surface area contributed by atoms with Gasteiger partial charge in [-0.2, -0.15) is 5.26 Å². The van der Waals surface area contributed by atoms with Gasteiger partial charge < -0.3 is 10.3 Å². The van der Waals surface area contributed by atoms with Crippen LogP contribution in [0.15, 0.2) is 30.3 Å². The van der Waals surface area contributed by atoms with Crippen LogP contribution in [0.1, 0.15) is 22.5 Å². The number of H-pyrrole nitrogens is 1. The highest BCUT2D eigenvalue weighted by molar-refractivity contribution is 5.92. The van der Waals surface area contributed by atoms with Gasteiger partial charge in [-0.05, 0) is 43.7 Å². The van der Waals surface area contributed by atoms with Gasteiger partial charge in [0.05, 0.1) is 18.1 Å². The number of hydrogen-bond acceptors (Lipinski definition) is 2. The highest BCUT2D eigenvalue weighted by Gasteiger charge is 2.08. The van der Waals surface area contributed by atoms with Crippen molar-refractivity contribution in [1.29, 1.82) is 5.26 Å². The molecule has 0 saturated heterocycles. The lowest BCUT2D eigenvalue weighted by Gasteiger charge is -2.05. The summed E-state index contributed by atoms with van der Waals surface area (Å²) in [6, 6.07) is 10.9. The molecule has 4 nitrogen and oxygen atoms in total. The number of nitrogens with zero attached hydrogens (tertiary/aromatic N) is 1. The molecule has 4 heteroatoms. The summed E-state index contributed by atoms with van der Waals surface area (Å²) < 4.78 is 0. The van der Waals surface area contributed by atoms with E-state index in [4.69, 9.17) is 5.26 Å². The molecule has 2 N–H and O–H groups in total. The predicted molar refractivity (Wildman–Crippen MR) is 73.8 cm³/mol. The van der Waals surface area contributed by atoms with Crippen molar-refractivity contribution < 1.29 is 4.79 Å². The number of aryl methyl sites for hydroxylation is 2. The van der Waals surface area contributed by atoms with Crippen LogP contribution >= 0.6 is 0 Å². The Hall–Kier alpha value is -2.54. The quantitative estimate of drug-likeness (QED) is 0.883. The second kappa shape index (κ2) is 5.40. The van der Waals surface area contributed by atoms with Crippen molar-refractivity contribution >= 4 is 11.6 Å². The van der Waals surface area contributed by atoms with Gasteiger partial charge in [-0.1, -0.05) is 6.07 Å². The van der Waals surface area contributed by atoms with E-state index >= 15 is 0 Å². The molecule has 2 rings (SSSR count). The van der Waals surface area contributed by atoms with Crippen LogP contribution in [0.5, 0.6) is 0 Å². The van der Waals surface area contributed by atoms with E-state index in [0.717, 1.165) is 17.0 Å². The number of amides is 1. The molecule has 19 heavy (non-hydrogen) atoms. The minimum atomic E-state index is -0.0859. The van der Waals surface area contributed by atoms with Crippen LogP contribution in [0.25, 0.3) is 0 Å². The van der Waals surface area contributed by atoms with Crippen molar-refractivity contribution in [3.05, 3.63) is 52.8 Å². The van der Waals surface area contributed by atoms with Gasteiger partial charge in [0.15, 0.2) is 0 Å². The number of anilines is 1. The van der Waals surface area contributed by atoms with Crippen molar-refractivity contribution in [2.75, 3.05) is 5.32 Å². The molecule has 0 aliphatic heterocycles. The number of hydrogen-bond donors (Lipinski definition) is 2. The number of nitriles is 1. The summed E-state index contributed by atoms with van der Waals surface area (Å²) in [7, 11) is 0. The molecule has 96 valence electrons. The van der Waals surface area contributed by atoms with E-state index in [-0.39, 0.29) is 5.91 Å². The maximum absolute atomic E-state index is 11.9. The summed E-state index contributed by atoms with van der Waals surface area (Å²) in [4.78, 5) is 15.1. The molecule has 2 aromatic rings. The summed E-state index contributed by atoms with van der Waals surface area (Å²) in [5, 5.41) is 11.6. The van der Waals surface area contributed by atoms with Crippen LogP contribution in [0.3, 0.4) is 0 Å². The number of rotatable bonds is 3. The topological polar surface area (TPSA) is 68.7 Å². The molecular weight excluding hydrogens is 238 g/mol. The Morgan fingerprint density at radius 2 is 2.16 bits per heavy atom. The first kappa shape index (κ1) is 12.9. The smallest absolute Gasteiger partial charge is 0.228 e. The number of aromatic amines is 1. The van der Waals surface area contributed by atoms with Gasteiger partial charge >= 0.3 is 0 Å². The summed E-state index contributed by atoms with van der Waals surface area (Å²) in [6.07, 6.45) is 0.326. The first-order chi connectivity index (χ1) is 9.08. The van der Waals surface area contributed by atoms with Gasteiger partial charge in [0.25, 0.3) is 0 Å². The molecule has 0 spiro atoms. The average Bonchev–Trinajstić information content (AvgIpc) is 2.68. The Bertz CT molecular complexity index is 650. The Kier molecular flexibility index (Phi) is 3.67. The second-order valence-corrected chi connectivity index (χ2v) is 4.52. The van der Waals surface area contributed by atoms with Gasteiger partial charge in [-0.3, -0.25) is 4.79 Å². The number of carbonyl (C=O) groups is 1. The van der Waals surface area contributed by atoms with Crippen molar-refractivity contribution in [3.63, 3.8) is 0 Å². The highest BCUT2D eigenvalue weighted by atomic mass is 16.1. The van der Waals surface area contributed by atoms with Crippen LogP contribution in [0, 0.1) is 25.2 Å². The van der Waals surface area contributed by atoms with Crippen LogP contribution in [0.4, 0.5) is 5.69 Å². The molecule has 0 saturated carbocycles. The Labute approximate surface area is 112 Å². The van der Waals surface area contributed by atoms with Gasteiger partial charge in [0, 0.05) is 17.1 Å². The number of aromatic nitrogens is 1. The molecular formula is C15H15N3O. The zero-order valence-corrected chi connectivity index (χ0v) is 10.9. The number of nitrogens with one attached hydrogen (secondary N) is 2. The lowest BCUT2D eigenvalue weighted by molar-refractivity contribution is -0.115. The van der Waals surface area contributed by atoms with Crippen LogP contribution in [-0.2, 0) is 11.2 Å². The summed E-state index contributed by atoms with van der Waals surface area (Å²) in [6.45, 7) is 3.91. The van der Waals surface area contributed by atoms with E-state index in [1.807, 2.05) is 26.0 Å². The fraction of sp³-hybridized carbons (Fsp3) is 0.200. The van der Waals surface area contributed by atoms with Crippen LogP contribution in [0.2, 0.25) is 0 Å². The summed E-state index contributed by atoms with van der Waals surface area (Å²) >= 11 is 0. The van der Waals surface area contributed by atoms with E-state index in [0.29, 0.717) is 17.7 Å². The standard InChI is InChI=1S/C15H15N3O/c1-10-6-13(11(2)17-10)8-15(19)18-14-5-3-4-12(7-14)9-16/h3-7,17H,8H2,1-2H3,(H,18,19). The van der Waals surface area contributed by atoms with Gasteiger partial charge in [-0.15, -0.1) is 0 Å². The molecule has 0 unspecified atom stereocenters. The van der Waals surface area contributed by atoms with Gasteiger partial charge in [0.2, 0.25) is 5.91 Å². The highest BCUT2D eigenvalue weighted by Crippen LogP contribution is 2.13. The fourth-order valence-electron chi connectivity index (χ4n) is 2.01. The Morgan fingerprint density at radius 3 is 2.79 bits per heavy atom. The summed E-state index contributed by atoms with van der Waals surface area (Å²) in [5.41, 5.74) is 4.23. The Balaban J connectivity index is 2.05. The molecule has 0 atom stereocenters. The first-order valence-electron chi connectivity index (χ1n) is 6.03. The maximum atomic E-state index is 11.9. The third-order valence-corrected chi connectivity index (χ3v) is 2.88. The van der Waals surface area contributed by atoms with E-state index in [1.54, 1.807) is 24.3 Å². The van der Waals surface area contributed by atoms with Crippen molar-refractivity contribution in [1.82, 2.24) is 4.98 Å². The van der Waals surface area contributed by atoms with E-state index < -0.39 is 0 Å². The molecule has 1 aromatic heterocycles. The second-order valence-electron chi connectivity index (χ2n) is 4.52. The van der Waals surface area contributed by atoms with Gasteiger partial charge in [-0.25, -0.2) is 0 Å². The van der Waals surface area contributed by atoms with Crippen molar-refractivity contribution in [3.8, 4) is 6.07 Å². The number of carbonyl (C=O) groups excluding carboxylic acids is 1. The molecule has 1 amide bonds. The normalized spacial score (nSPS) is 9.95. The first-order valence-corrected chi connectivity index (χ1v) is 6.03. The van der Waals surface area contributed by atoms with E-state index in [2.05, 4.69) is 10.3 Å². The largest absolute Gasteiger partial charge is 0.362 e. The molecule has 0 fully saturated rings. The minimum Gasteiger partial charge on any atom is -0.362 e. The molecule has 1 heterocycles. The minimum absolute atomic E-state index is 0.0859. The van der Waals surface area contributed by atoms with Gasteiger partial charge in [0.1, 0.15) is 0 Å². The zero-order valence-electron chi connectivity index (χ0n) is 10.9. The molecule has 1 aromatic carbocycles. The SMILES string of the molecule is Cc1cc(CC(=O)Nc2cccc(C#N)c2)c(C)[nH]1. The Morgan fingerprint density at radius 1 is 1.37 bits per heavy atom. The van der Waals surface area contributed by atoms with Crippen LogP contribution in [-0.4, -0.2) is 10.9 Å². The third kappa shape index (κ3) is 3.23. The lowest BCUT2D eigenvalue weighted by atomic mass is 10.1. The molecule has 0 aliphatic rings. The maximum Gasteiger partial charge on any atom is 0.228 e. The molecule has 0 bridgehead atoms. The average molecular weight is 253 g/mol. The van der Waals surface area contributed by atoms with Crippen molar-refractivity contribution in [2.45, 2.75) is 20.3 Å². The van der Waals surface area contributed by atoms with Crippen LogP contribution < -0.4 is 5.32 Å². The molecule has 0 aliphatic carbocycles. The fourth-order valence-corrected chi connectivity index (χ4v) is 2.01. The number of benzene rings is 1. The van der Waals surface area contributed by atoms with Crippen molar-refractivity contribution in [2.24, 2.45) is 0 Å². The third-order valence-electron chi connectivity index (χ3n) is 2.88. The van der Waals surface area contributed by atoms with E-state index in [9.17, 15) is 4.79 Å². The summed E-state index contributed by atoms with van der Waals surface area (Å²) in [5.74, 6) is -0.0859. The monoisotopic (exact) mass is 253 g/mol. The zero-order chi connectivity index (χ0) is 13.8. The predicted octanol–water partition coefficient (Wildman–Crippen LogP) is 2.68.